The van der Waals surface area contributed by atoms with Crippen molar-refractivity contribution < 1.29 is 14.6 Å². The lowest BCUT2D eigenvalue weighted by Crippen LogP contribution is -2.48. The van der Waals surface area contributed by atoms with Gasteiger partial charge in [-0.25, -0.2) is 0 Å². The van der Waals surface area contributed by atoms with Crippen LogP contribution in [0.5, 0.6) is 11.5 Å². The van der Waals surface area contributed by atoms with Gasteiger partial charge in [-0.1, -0.05) is 13.8 Å². The topological polar surface area (TPSA) is 41.9 Å². The van der Waals surface area contributed by atoms with Gasteiger partial charge >= 0.3 is 0 Å². The first-order valence-electron chi connectivity index (χ1n) is 7.31. The summed E-state index contributed by atoms with van der Waals surface area (Å²) >= 11 is 0. The monoisotopic (exact) mass is 279 g/mol. The number of nitrogens with zero attached hydrogens (tertiary/aromatic N) is 1. The van der Waals surface area contributed by atoms with Gasteiger partial charge in [-0.05, 0) is 31.6 Å². The van der Waals surface area contributed by atoms with Gasteiger partial charge in [-0.3, -0.25) is 4.90 Å². The maximum atomic E-state index is 10.5. The molecule has 4 heteroatoms. The van der Waals surface area contributed by atoms with E-state index in [1.54, 1.807) is 14.2 Å². The average Bonchev–Trinajstić information content (AvgIpc) is 2.47. The number of likely N-dealkylation sites (N-methyl/N-ethyl adjacent to an activating group) is 1. The van der Waals surface area contributed by atoms with Crippen LogP contribution in [0, 0.1) is 0 Å². The fourth-order valence-corrected chi connectivity index (χ4v) is 3.24. The van der Waals surface area contributed by atoms with Crippen molar-refractivity contribution in [1.29, 1.82) is 0 Å². The predicted octanol–water partition coefficient (Wildman–Crippen LogP) is 1.87. The highest BCUT2D eigenvalue weighted by atomic mass is 16.5. The van der Waals surface area contributed by atoms with Crippen molar-refractivity contribution in [2.75, 3.05) is 27.3 Å². The molecule has 0 bridgehead atoms. The van der Waals surface area contributed by atoms with Crippen LogP contribution in [0.2, 0.25) is 0 Å². The first-order valence-corrected chi connectivity index (χ1v) is 7.31. The molecule has 112 valence electrons. The second kappa shape index (κ2) is 6.46. The molecule has 1 aliphatic rings. The molecule has 0 unspecified atom stereocenters. The lowest BCUT2D eigenvalue weighted by Gasteiger charge is -2.38. The largest absolute Gasteiger partial charge is 0.496 e. The zero-order valence-corrected chi connectivity index (χ0v) is 12.8. The molecule has 2 atom stereocenters. The maximum absolute atomic E-state index is 10.5. The molecule has 0 aromatic heterocycles. The number of hydrogen-bond acceptors (Lipinski definition) is 4. The van der Waals surface area contributed by atoms with Gasteiger partial charge in [0.05, 0.1) is 20.3 Å². The van der Waals surface area contributed by atoms with E-state index in [2.05, 4.69) is 18.7 Å². The van der Waals surface area contributed by atoms with E-state index >= 15 is 0 Å². The molecule has 2 rings (SSSR count). The van der Waals surface area contributed by atoms with E-state index in [9.17, 15) is 5.11 Å². The van der Waals surface area contributed by atoms with Gasteiger partial charge in [0.25, 0.3) is 0 Å². The summed E-state index contributed by atoms with van der Waals surface area (Å²) in [6.07, 6.45) is 1.07. The number of hydrogen-bond donors (Lipinski definition) is 1. The third-order valence-corrected chi connectivity index (χ3v) is 4.34. The predicted molar refractivity (Wildman–Crippen MR) is 79.7 cm³/mol. The average molecular weight is 279 g/mol. The van der Waals surface area contributed by atoms with Gasteiger partial charge in [0.15, 0.2) is 0 Å². The van der Waals surface area contributed by atoms with Crippen molar-refractivity contribution in [2.24, 2.45) is 0 Å². The third-order valence-electron chi connectivity index (χ3n) is 4.34. The zero-order chi connectivity index (χ0) is 14.7. The Morgan fingerprint density at radius 1 is 1.05 bits per heavy atom. The molecule has 1 aromatic carbocycles. The molecule has 0 saturated heterocycles. The van der Waals surface area contributed by atoms with Crippen LogP contribution in [0.3, 0.4) is 0 Å². The summed E-state index contributed by atoms with van der Waals surface area (Å²) in [5.41, 5.74) is 2.26. The minimum atomic E-state index is -0.358. The molecular weight excluding hydrogens is 254 g/mol. The Morgan fingerprint density at radius 2 is 1.55 bits per heavy atom. The Hall–Kier alpha value is -1.26. The highest BCUT2D eigenvalue weighted by Gasteiger charge is 2.33. The van der Waals surface area contributed by atoms with E-state index in [1.807, 2.05) is 12.1 Å². The van der Waals surface area contributed by atoms with Gasteiger partial charge in [0.1, 0.15) is 11.5 Å². The normalized spacial score (nSPS) is 21.7. The lowest BCUT2D eigenvalue weighted by molar-refractivity contribution is 0.0469. The molecular formula is C16H25NO3. The summed E-state index contributed by atoms with van der Waals surface area (Å²) in [6.45, 7) is 6.16. The van der Waals surface area contributed by atoms with Crippen molar-refractivity contribution in [3.8, 4) is 11.5 Å². The summed E-state index contributed by atoms with van der Waals surface area (Å²) < 4.78 is 10.9. The van der Waals surface area contributed by atoms with E-state index in [0.717, 1.165) is 36.6 Å². The van der Waals surface area contributed by atoms with Crippen LogP contribution < -0.4 is 9.47 Å². The van der Waals surface area contributed by atoms with Crippen molar-refractivity contribution in [3.05, 3.63) is 23.3 Å². The Morgan fingerprint density at radius 3 is 2.00 bits per heavy atom. The van der Waals surface area contributed by atoms with Gasteiger partial charge in [0.2, 0.25) is 0 Å². The van der Waals surface area contributed by atoms with Crippen LogP contribution in [-0.4, -0.2) is 49.5 Å². The molecule has 1 N–H and O–H groups in total. The highest BCUT2D eigenvalue weighted by molar-refractivity contribution is 5.51. The van der Waals surface area contributed by atoms with E-state index in [4.69, 9.17) is 9.47 Å². The molecule has 0 fully saturated rings. The lowest BCUT2D eigenvalue weighted by atomic mass is 9.84. The molecule has 0 radical (unpaired) electrons. The van der Waals surface area contributed by atoms with Crippen molar-refractivity contribution in [3.63, 3.8) is 0 Å². The number of methoxy groups -OCH3 is 2. The van der Waals surface area contributed by atoms with Gasteiger partial charge < -0.3 is 14.6 Å². The maximum Gasteiger partial charge on any atom is 0.122 e. The van der Waals surface area contributed by atoms with E-state index in [1.165, 1.54) is 5.56 Å². The second-order valence-electron chi connectivity index (χ2n) is 5.19. The molecule has 0 heterocycles. The fourth-order valence-electron chi connectivity index (χ4n) is 3.24. The second-order valence-corrected chi connectivity index (χ2v) is 5.19. The number of fused-ring (bicyclic) bond motifs is 1. The Bertz CT molecular complexity index is 457. The smallest absolute Gasteiger partial charge is 0.122 e. The number of aliphatic hydroxyl groups is 1. The summed E-state index contributed by atoms with van der Waals surface area (Å²) in [5.74, 6) is 1.74. The Balaban J connectivity index is 2.40. The first-order chi connectivity index (χ1) is 9.65. The minimum Gasteiger partial charge on any atom is -0.496 e. The summed E-state index contributed by atoms with van der Waals surface area (Å²) in [5, 5.41) is 10.5. The third kappa shape index (κ3) is 2.63. The van der Waals surface area contributed by atoms with Gasteiger partial charge in [0, 0.05) is 23.6 Å². The number of rotatable bonds is 5. The standard InChI is InChI=1S/C16H25NO3/c1-5-17(6-2)13-9-11-12(10-14(13)18)16(20-4)8-7-15(11)19-3/h7-8,13-14,18H,5-6,9-10H2,1-4H3/t13-,14-/m0/s1. The molecule has 1 aromatic rings. The Labute approximate surface area is 121 Å². The van der Waals surface area contributed by atoms with Crippen molar-refractivity contribution >= 4 is 0 Å². The van der Waals surface area contributed by atoms with Crippen LogP contribution in [0.25, 0.3) is 0 Å². The number of benzene rings is 1. The van der Waals surface area contributed by atoms with Gasteiger partial charge in [-0.15, -0.1) is 0 Å². The van der Waals surface area contributed by atoms with E-state index in [-0.39, 0.29) is 12.1 Å². The summed E-state index contributed by atoms with van der Waals surface area (Å²) in [4.78, 5) is 2.31. The SMILES string of the molecule is CCN(CC)[C@H]1Cc2c(OC)ccc(OC)c2C[C@@H]1O. The molecule has 20 heavy (non-hydrogen) atoms. The quantitative estimate of drug-likeness (QED) is 0.893. The van der Waals surface area contributed by atoms with Crippen LogP contribution in [-0.2, 0) is 12.8 Å². The van der Waals surface area contributed by atoms with Crippen LogP contribution in [0.4, 0.5) is 0 Å². The zero-order valence-electron chi connectivity index (χ0n) is 12.8. The van der Waals surface area contributed by atoms with Crippen LogP contribution >= 0.6 is 0 Å². The van der Waals surface area contributed by atoms with E-state index < -0.39 is 0 Å². The first kappa shape index (κ1) is 15.1. The van der Waals surface area contributed by atoms with Crippen molar-refractivity contribution in [2.45, 2.75) is 38.8 Å². The number of ether oxygens (including phenoxy) is 2. The van der Waals surface area contributed by atoms with Gasteiger partial charge in [-0.2, -0.15) is 0 Å². The molecule has 0 spiro atoms. The summed E-state index contributed by atoms with van der Waals surface area (Å²) in [7, 11) is 3.37. The highest BCUT2D eigenvalue weighted by Crippen LogP contribution is 2.37. The molecule has 0 saturated carbocycles. The minimum absolute atomic E-state index is 0.151. The molecule has 0 amide bonds. The van der Waals surface area contributed by atoms with Crippen LogP contribution in [0.1, 0.15) is 25.0 Å². The van der Waals surface area contributed by atoms with E-state index in [0.29, 0.717) is 6.42 Å². The molecule has 0 aliphatic heterocycles. The molecule has 1 aliphatic carbocycles. The van der Waals surface area contributed by atoms with Crippen LogP contribution in [0.15, 0.2) is 12.1 Å². The fraction of sp³-hybridized carbons (Fsp3) is 0.625. The summed E-state index contributed by atoms with van der Waals surface area (Å²) in [6, 6.07) is 4.02. The Kier molecular flexibility index (Phi) is 4.89. The number of aliphatic hydroxyl groups excluding tert-OH is 1. The molecule has 4 nitrogen and oxygen atoms in total. The van der Waals surface area contributed by atoms with Crippen molar-refractivity contribution in [1.82, 2.24) is 4.90 Å².